The zero-order chi connectivity index (χ0) is 21.3. The molecule has 2 aromatic carbocycles. The molecule has 30 heavy (non-hydrogen) atoms. The summed E-state index contributed by atoms with van der Waals surface area (Å²) in [5.74, 6) is 1.22. The van der Waals surface area contributed by atoms with Gasteiger partial charge < -0.3 is 19.9 Å². The SMILES string of the molecule is CNC(=O)C[C@@H](NC(=O)CCc1nc(-c2ccc(OC)cc2)no1)c1ccccc1. The first kappa shape index (κ1) is 21.0. The van der Waals surface area contributed by atoms with E-state index < -0.39 is 6.04 Å². The molecule has 0 aliphatic heterocycles. The smallest absolute Gasteiger partial charge is 0.227 e. The van der Waals surface area contributed by atoms with Crippen LogP contribution >= 0.6 is 0 Å². The maximum atomic E-state index is 12.5. The average molecular weight is 408 g/mol. The first-order valence-corrected chi connectivity index (χ1v) is 9.61. The van der Waals surface area contributed by atoms with Gasteiger partial charge in [-0.25, -0.2) is 0 Å². The Bertz CT molecular complexity index is 970. The van der Waals surface area contributed by atoms with Gasteiger partial charge in [-0.1, -0.05) is 35.5 Å². The Labute approximate surface area is 174 Å². The van der Waals surface area contributed by atoms with Gasteiger partial charge >= 0.3 is 0 Å². The molecule has 1 heterocycles. The summed E-state index contributed by atoms with van der Waals surface area (Å²) in [5, 5.41) is 9.47. The number of carbonyl (C=O) groups is 2. The number of aromatic nitrogens is 2. The van der Waals surface area contributed by atoms with Gasteiger partial charge in [0.05, 0.1) is 19.6 Å². The Morgan fingerprint density at radius 1 is 1.07 bits per heavy atom. The fraction of sp³-hybridized carbons (Fsp3) is 0.273. The number of benzene rings is 2. The standard InChI is InChI=1S/C22H24N4O4/c1-23-20(28)14-18(15-6-4-3-5-7-15)24-19(27)12-13-21-25-22(26-30-21)16-8-10-17(29-2)11-9-16/h3-11,18H,12-14H2,1-2H3,(H,23,28)(H,24,27)/t18-/m1/s1. The Morgan fingerprint density at radius 2 is 1.80 bits per heavy atom. The number of amides is 2. The van der Waals surface area contributed by atoms with Crippen molar-refractivity contribution in [2.45, 2.75) is 25.3 Å². The Kier molecular flexibility index (Phi) is 7.15. The molecule has 2 amide bonds. The molecular formula is C22H24N4O4. The minimum atomic E-state index is -0.406. The molecule has 1 atom stereocenters. The number of ether oxygens (including phenoxy) is 1. The van der Waals surface area contributed by atoms with Gasteiger partial charge in [0.2, 0.25) is 23.5 Å². The summed E-state index contributed by atoms with van der Waals surface area (Å²) in [6.45, 7) is 0. The minimum Gasteiger partial charge on any atom is -0.497 e. The van der Waals surface area contributed by atoms with Crippen LogP contribution in [-0.4, -0.2) is 36.1 Å². The molecule has 0 aliphatic rings. The molecule has 8 nitrogen and oxygen atoms in total. The highest BCUT2D eigenvalue weighted by molar-refractivity contribution is 5.80. The third-order valence-corrected chi connectivity index (χ3v) is 4.59. The molecule has 0 aliphatic carbocycles. The zero-order valence-electron chi connectivity index (χ0n) is 16.9. The van der Waals surface area contributed by atoms with E-state index in [4.69, 9.17) is 9.26 Å². The summed E-state index contributed by atoms with van der Waals surface area (Å²) in [4.78, 5) is 28.6. The van der Waals surface area contributed by atoms with Gasteiger partial charge in [0, 0.05) is 25.5 Å². The van der Waals surface area contributed by atoms with Crippen LogP contribution in [0.15, 0.2) is 59.1 Å². The van der Waals surface area contributed by atoms with Crippen LogP contribution in [0.1, 0.15) is 30.3 Å². The zero-order valence-corrected chi connectivity index (χ0v) is 16.9. The van der Waals surface area contributed by atoms with E-state index in [-0.39, 0.29) is 24.7 Å². The van der Waals surface area contributed by atoms with E-state index in [9.17, 15) is 9.59 Å². The van der Waals surface area contributed by atoms with Crippen molar-refractivity contribution in [1.29, 1.82) is 0 Å². The topological polar surface area (TPSA) is 106 Å². The second-order valence-electron chi connectivity index (χ2n) is 6.65. The number of carbonyl (C=O) groups excluding carboxylic acids is 2. The third kappa shape index (κ3) is 5.66. The van der Waals surface area contributed by atoms with Crippen molar-refractivity contribution in [2.24, 2.45) is 0 Å². The van der Waals surface area contributed by atoms with Crippen LogP contribution in [0.25, 0.3) is 11.4 Å². The Balaban J connectivity index is 1.58. The fourth-order valence-corrected chi connectivity index (χ4v) is 2.93. The summed E-state index contributed by atoms with van der Waals surface area (Å²) in [6.07, 6.45) is 0.631. The molecule has 0 saturated heterocycles. The first-order valence-electron chi connectivity index (χ1n) is 9.61. The second-order valence-corrected chi connectivity index (χ2v) is 6.65. The van der Waals surface area contributed by atoms with Gasteiger partial charge in [0.1, 0.15) is 5.75 Å². The van der Waals surface area contributed by atoms with Crippen molar-refractivity contribution in [3.05, 3.63) is 66.1 Å². The van der Waals surface area contributed by atoms with E-state index in [0.29, 0.717) is 18.1 Å². The average Bonchev–Trinajstić information content (AvgIpc) is 3.27. The molecule has 8 heteroatoms. The molecule has 1 aromatic heterocycles. The summed E-state index contributed by atoms with van der Waals surface area (Å²) in [7, 11) is 3.17. The van der Waals surface area contributed by atoms with Crippen LogP contribution in [0.4, 0.5) is 0 Å². The van der Waals surface area contributed by atoms with Crippen LogP contribution in [0.2, 0.25) is 0 Å². The van der Waals surface area contributed by atoms with E-state index >= 15 is 0 Å². The van der Waals surface area contributed by atoms with E-state index in [2.05, 4.69) is 20.8 Å². The monoisotopic (exact) mass is 408 g/mol. The maximum absolute atomic E-state index is 12.5. The van der Waals surface area contributed by atoms with E-state index in [1.54, 1.807) is 14.2 Å². The summed E-state index contributed by atoms with van der Waals surface area (Å²) >= 11 is 0. The first-order chi connectivity index (χ1) is 14.6. The van der Waals surface area contributed by atoms with Gasteiger partial charge in [-0.3, -0.25) is 9.59 Å². The predicted octanol–water partition coefficient (Wildman–Crippen LogP) is 2.67. The number of nitrogens with one attached hydrogen (secondary N) is 2. The molecule has 0 radical (unpaired) electrons. The van der Waals surface area contributed by atoms with Crippen LogP contribution in [0.5, 0.6) is 5.75 Å². The molecule has 156 valence electrons. The van der Waals surface area contributed by atoms with Crippen LogP contribution < -0.4 is 15.4 Å². The highest BCUT2D eigenvalue weighted by Gasteiger charge is 2.18. The van der Waals surface area contributed by atoms with Gasteiger partial charge in [-0.2, -0.15) is 4.98 Å². The summed E-state index contributed by atoms with van der Waals surface area (Å²) in [6, 6.07) is 16.3. The molecule has 3 aromatic rings. The highest BCUT2D eigenvalue weighted by Crippen LogP contribution is 2.20. The summed E-state index contributed by atoms with van der Waals surface area (Å²) in [5.41, 5.74) is 1.67. The molecule has 0 saturated carbocycles. The lowest BCUT2D eigenvalue weighted by Crippen LogP contribution is -2.32. The third-order valence-electron chi connectivity index (χ3n) is 4.59. The van der Waals surface area contributed by atoms with Gasteiger partial charge in [-0.05, 0) is 29.8 Å². The van der Waals surface area contributed by atoms with Gasteiger partial charge in [-0.15, -0.1) is 0 Å². The number of aryl methyl sites for hydroxylation is 1. The number of hydrogen-bond donors (Lipinski definition) is 2. The van der Waals surface area contributed by atoms with Crippen molar-refractivity contribution in [3.63, 3.8) is 0 Å². The highest BCUT2D eigenvalue weighted by atomic mass is 16.5. The normalized spacial score (nSPS) is 11.5. The molecule has 0 bridgehead atoms. The number of methoxy groups -OCH3 is 1. The number of rotatable bonds is 9. The Hall–Kier alpha value is -3.68. The fourth-order valence-electron chi connectivity index (χ4n) is 2.93. The van der Waals surface area contributed by atoms with Crippen LogP contribution in [0.3, 0.4) is 0 Å². The molecule has 2 N–H and O–H groups in total. The van der Waals surface area contributed by atoms with Crippen molar-refractivity contribution in [2.75, 3.05) is 14.2 Å². The van der Waals surface area contributed by atoms with Crippen molar-refractivity contribution >= 4 is 11.8 Å². The van der Waals surface area contributed by atoms with Crippen molar-refractivity contribution in [1.82, 2.24) is 20.8 Å². The van der Waals surface area contributed by atoms with Crippen LogP contribution in [-0.2, 0) is 16.0 Å². The second kappa shape index (κ2) is 10.2. The molecule has 0 spiro atoms. The van der Waals surface area contributed by atoms with Gasteiger partial charge in [0.25, 0.3) is 0 Å². The molecule has 0 unspecified atom stereocenters. The Morgan fingerprint density at radius 3 is 2.47 bits per heavy atom. The quantitative estimate of drug-likeness (QED) is 0.564. The molecule has 0 fully saturated rings. The van der Waals surface area contributed by atoms with E-state index in [0.717, 1.165) is 16.9 Å². The van der Waals surface area contributed by atoms with Crippen molar-refractivity contribution in [3.8, 4) is 17.1 Å². The minimum absolute atomic E-state index is 0.148. The lowest BCUT2D eigenvalue weighted by Gasteiger charge is -2.18. The van der Waals surface area contributed by atoms with Crippen LogP contribution in [0, 0.1) is 0 Å². The number of nitrogens with zero attached hydrogens (tertiary/aromatic N) is 2. The lowest BCUT2D eigenvalue weighted by molar-refractivity contribution is -0.123. The maximum Gasteiger partial charge on any atom is 0.227 e. The summed E-state index contributed by atoms with van der Waals surface area (Å²) < 4.78 is 10.4. The largest absolute Gasteiger partial charge is 0.497 e. The predicted molar refractivity (Wildman–Crippen MR) is 111 cm³/mol. The lowest BCUT2D eigenvalue weighted by atomic mass is 10.0. The number of hydrogen-bond acceptors (Lipinski definition) is 6. The van der Waals surface area contributed by atoms with E-state index in [1.165, 1.54) is 0 Å². The molecule has 3 rings (SSSR count). The molecular weight excluding hydrogens is 384 g/mol. The van der Waals surface area contributed by atoms with Crippen molar-refractivity contribution < 1.29 is 18.8 Å². The van der Waals surface area contributed by atoms with Gasteiger partial charge in [0.15, 0.2) is 0 Å². The van der Waals surface area contributed by atoms with E-state index in [1.807, 2.05) is 54.6 Å².